The SMILES string of the molecule is CCCN1CCOC(C(NCC)C2CCCOC2)C1. The molecule has 0 aliphatic carbocycles. The van der Waals surface area contributed by atoms with Crippen LogP contribution in [0.1, 0.15) is 33.1 Å². The van der Waals surface area contributed by atoms with Crippen LogP contribution in [0.3, 0.4) is 0 Å². The van der Waals surface area contributed by atoms with Crippen LogP contribution in [0.25, 0.3) is 0 Å². The molecule has 0 aromatic heterocycles. The number of hydrogen-bond acceptors (Lipinski definition) is 4. The number of likely N-dealkylation sites (N-methyl/N-ethyl adjacent to an activating group) is 1. The number of nitrogens with zero attached hydrogens (tertiary/aromatic N) is 1. The summed E-state index contributed by atoms with van der Waals surface area (Å²) in [6.45, 7) is 11.5. The highest BCUT2D eigenvalue weighted by molar-refractivity contribution is 4.88. The highest BCUT2D eigenvalue weighted by atomic mass is 16.5. The lowest BCUT2D eigenvalue weighted by Crippen LogP contribution is -2.56. The fraction of sp³-hybridized carbons (Fsp3) is 1.00. The molecule has 0 saturated carbocycles. The Hall–Kier alpha value is -0.160. The molecule has 19 heavy (non-hydrogen) atoms. The van der Waals surface area contributed by atoms with Crippen LogP contribution in [0, 0.1) is 5.92 Å². The van der Waals surface area contributed by atoms with E-state index in [1.54, 1.807) is 0 Å². The van der Waals surface area contributed by atoms with Crippen molar-refractivity contribution in [2.75, 3.05) is 46.0 Å². The third-order valence-corrected chi connectivity index (χ3v) is 4.26. The molecule has 4 nitrogen and oxygen atoms in total. The summed E-state index contributed by atoms with van der Waals surface area (Å²) in [5.41, 5.74) is 0. The molecule has 2 aliphatic heterocycles. The van der Waals surface area contributed by atoms with Crippen molar-refractivity contribution < 1.29 is 9.47 Å². The minimum atomic E-state index is 0.326. The lowest BCUT2D eigenvalue weighted by atomic mass is 9.89. The predicted octanol–water partition coefficient (Wildman–Crippen LogP) is 1.50. The van der Waals surface area contributed by atoms with Gasteiger partial charge in [-0.3, -0.25) is 4.90 Å². The Balaban J connectivity index is 1.92. The van der Waals surface area contributed by atoms with Gasteiger partial charge >= 0.3 is 0 Å². The van der Waals surface area contributed by atoms with Gasteiger partial charge in [0.25, 0.3) is 0 Å². The van der Waals surface area contributed by atoms with Gasteiger partial charge in [-0.25, -0.2) is 0 Å². The summed E-state index contributed by atoms with van der Waals surface area (Å²) in [5, 5.41) is 3.65. The van der Waals surface area contributed by atoms with Crippen LogP contribution in [0.15, 0.2) is 0 Å². The highest BCUT2D eigenvalue weighted by Crippen LogP contribution is 2.23. The summed E-state index contributed by atoms with van der Waals surface area (Å²) in [7, 11) is 0. The van der Waals surface area contributed by atoms with Gasteiger partial charge in [-0.2, -0.15) is 0 Å². The molecule has 0 amide bonds. The minimum Gasteiger partial charge on any atom is -0.381 e. The van der Waals surface area contributed by atoms with Crippen LogP contribution in [-0.4, -0.2) is 63.0 Å². The molecule has 112 valence electrons. The molecule has 4 heteroatoms. The van der Waals surface area contributed by atoms with Gasteiger partial charge in [0.05, 0.1) is 19.3 Å². The largest absolute Gasteiger partial charge is 0.381 e. The molecule has 3 atom stereocenters. The molecule has 0 radical (unpaired) electrons. The smallest absolute Gasteiger partial charge is 0.0858 e. The number of rotatable bonds is 6. The molecule has 2 rings (SSSR count). The lowest BCUT2D eigenvalue weighted by molar-refractivity contribution is -0.0716. The molecule has 2 fully saturated rings. The Bertz CT molecular complexity index is 242. The fourth-order valence-electron chi connectivity index (χ4n) is 3.35. The van der Waals surface area contributed by atoms with Crippen LogP contribution in [0.4, 0.5) is 0 Å². The Morgan fingerprint density at radius 1 is 1.32 bits per heavy atom. The van der Waals surface area contributed by atoms with Gasteiger partial charge in [-0.15, -0.1) is 0 Å². The van der Waals surface area contributed by atoms with E-state index in [4.69, 9.17) is 9.47 Å². The van der Waals surface area contributed by atoms with Crippen molar-refractivity contribution in [2.45, 2.75) is 45.3 Å². The molecule has 2 aliphatic rings. The van der Waals surface area contributed by atoms with E-state index in [9.17, 15) is 0 Å². The van der Waals surface area contributed by atoms with Crippen LogP contribution in [0.2, 0.25) is 0 Å². The molecule has 0 spiro atoms. The first-order valence-corrected chi connectivity index (χ1v) is 8.00. The summed E-state index contributed by atoms with van der Waals surface area (Å²) in [5.74, 6) is 0.611. The number of ether oxygens (including phenoxy) is 2. The number of hydrogen-bond donors (Lipinski definition) is 1. The first-order chi connectivity index (χ1) is 9.35. The number of nitrogens with one attached hydrogen (secondary N) is 1. The normalized spacial score (nSPS) is 31.3. The third-order valence-electron chi connectivity index (χ3n) is 4.26. The molecule has 2 heterocycles. The van der Waals surface area contributed by atoms with Crippen LogP contribution < -0.4 is 5.32 Å². The van der Waals surface area contributed by atoms with Crippen molar-refractivity contribution in [3.05, 3.63) is 0 Å². The maximum Gasteiger partial charge on any atom is 0.0858 e. The van der Waals surface area contributed by atoms with Gasteiger partial charge < -0.3 is 14.8 Å². The molecule has 0 aromatic carbocycles. The highest BCUT2D eigenvalue weighted by Gasteiger charge is 2.33. The van der Waals surface area contributed by atoms with Crippen LogP contribution in [0.5, 0.6) is 0 Å². The van der Waals surface area contributed by atoms with Crippen molar-refractivity contribution in [1.29, 1.82) is 0 Å². The van der Waals surface area contributed by atoms with Gasteiger partial charge in [0, 0.05) is 31.7 Å². The van der Waals surface area contributed by atoms with E-state index in [1.807, 2.05) is 0 Å². The number of morpholine rings is 1. The summed E-state index contributed by atoms with van der Waals surface area (Å²) in [6, 6.07) is 0.449. The van der Waals surface area contributed by atoms with E-state index in [1.165, 1.54) is 25.8 Å². The predicted molar refractivity (Wildman–Crippen MR) is 77.5 cm³/mol. The van der Waals surface area contributed by atoms with E-state index in [2.05, 4.69) is 24.1 Å². The average Bonchev–Trinajstić information content (AvgIpc) is 2.46. The minimum absolute atomic E-state index is 0.326. The zero-order valence-corrected chi connectivity index (χ0v) is 12.6. The topological polar surface area (TPSA) is 33.7 Å². The standard InChI is InChI=1S/C15H30N2O2/c1-3-7-17-8-10-19-14(11-17)15(16-4-2)13-6-5-9-18-12-13/h13-16H,3-12H2,1-2H3. The summed E-state index contributed by atoms with van der Waals surface area (Å²) in [4.78, 5) is 2.54. The van der Waals surface area contributed by atoms with E-state index in [0.29, 0.717) is 18.1 Å². The Morgan fingerprint density at radius 2 is 2.21 bits per heavy atom. The zero-order chi connectivity index (χ0) is 13.5. The zero-order valence-electron chi connectivity index (χ0n) is 12.6. The fourth-order valence-corrected chi connectivity index (χ4v) is 3.35. The van der Waals surface area contributed by atoms with Crippen molar-refractivity contribution >= 4 is 0 Å². The van der Waals surface area contributed by atoms with Gasteiger partial charge in [0.2, 0.25) is 0 Å². The van der Waals surface area contributed by atoms with Crippen molar-refractivity contribution in [3.8, 4) is 0 Å². The Morgan fingerprint density at radius 3 is 2.89 bits per heavy atom. The van der Waals surface area contributed by atoms with Crippen LogP contribution >= 0.6 is 0 Å². The van der Waals surface area contributed by atoms with Gasteiger partial charge in [-0.1, -0.05) is 13.8 Å². The molecular weight excluding hydrogens is 240 g/mol. The van der Waals surface area contributed by atoms with E-state index < -0.39 is 0 Å². The second kappa shape index (κ2) is 8.20. The van der Waals surface area contributed by atoms with E-state index >= 15 is 0 Å². The summed E-state index contributed by atoms with van der Waals surface area (Å²) < 4.78 is 11.7. The average molecular weight is 270 g/mol. The lowest BCUT2D eigenvalue weighted by Gasteiger charge is -2.41. The molecular formula is C15H30N2O2. The second-order valence-electron chi connectivity index (χ2n) is 5.77. The molecule has 3 unspecified atom stereocenters. The molecule has 0 bridgehead atoms. The van der Waals surface area contributed by atoms with E-state index in [0.717, 1.165) is 39.5 Å². The van der Waals surface area contributed by atoms with Gasteiger partial charge in [0.1, 0.15) is 0 Å². The maximum absolute atomic E-state index is 6.06. The van der Waals surface area contributed by atoms with Gasteiger partial charge in [-0.05, 0) is 32.4 Å². The van der Waals surface area contributed by atoms with Crippen molar-refractivity contribution in [3.63, 3.8) is 0 Å². The maximum atomic E-state index is 6.06. The van der Waals surface area contributed by atoms with Gasteiger partial charge in [0.15, 0.2) is 0 Å². The first-order valence-electron chi connectivity index (χ1n) is 8.00. The van der Waals surface area contributed by atoms with Crippen molar-refractivity contribution in [2.24, 2.45) is 5.92 Å². The van der Waals surface area contributed by atoms with Crippen molar-refractivity contribution in [1.82, 2.24) is 10.2 Å². The molecule has 0 aromatic rings. The Kier molecular flexibility index (Phi) is 6.57. The summed E-state index contributed by atoms with van der Waals surface area (Å²) in [6.07, 6.45) is 4.01. The first kappa shape index (κ1) is 15.2. The third kappa shape index (κ3) is 4.42. The molecule has 1 N–H and O–H groups in total. The second-order valence-corrected chi connectivity index (χ2v) is 5.77. The monoisotopic (exact) mass is 270 g/mol. The quantitative estimate of drug-likeness (QED) is 0.793. The Labute approximate surface area is 117 Å². The van der Waals surface area contributed by atoms with E-state index in [-0.39, 0.29) is 0 Å². The summed E-state index contributed by atoms with van der Waals surface area (Å²) >= 11 is 0. The molecule has 2 saturated heterocycles. The van der Waals surface area contributed by atoms with Crippen LogP contribution in [-0.2, 0) is 9.47 Å².